The summed E-state index contributed by atoms with van der Waals surface area (Å²) in [7, 11) is 0. The van der Waals surface area contributed by atoms with Crippen LogP contribution >= 0.6 is 23.5 Å². The first-order valence-corrected chi connectivity index (χ1v) is 10.2. The maximum absolute atomic E-state index is 13.6. The highest BCUT2D eigenvalue weighted by Gasteiger charge is 2.30. The number of thioether (sulfide) groups is 2. The second-order valence-corrected chi connectivity index (χ2v) is 8.62. The smallest absolute Gasteiger partial charge is 0.238 e. The number of nitrogens with one attached hydrogen (secondary N) is 2. The van der Waals surface area contributed by atoms with Crippen molar-refractivity contribution >= 4 is 41.0 Å². The zero-order chi connectivity index (χ0) is 18.1. The van der Waals surface area contributed by atoms with Crippen molar-refractivity contribution in [2.75, 3.05) is 11.1 Å². The van der Waals surface area contributed by atoms with Gasteiger partial charge in [0.25, 0.3) is 0 Å². The Morgan fingerprint density at radius 2 is 2.08 bits per heavy atom. The number of rotatable bonds is 3. The van der Waals surface area contributed by atoms with Crippen molar-refractivity contribution in [2.24, 2.45) is 0 Å². The lowest BCUT2D eigenvalue weighted by atomic mass is 10.0. The molecule has 0 unspecified atom stereocenters. The van der Waals surface area contributed by atoms with Crippen LogP contribution in [0.3, 0.4) is 0 Å². The van der Waals surface area contributed by atoms with Crippen molar-refractivity contribution in [3.05, 3.63) is 53.8 Å². The molecule has 0 spiro atoms. The number of fused-ring (bicyclic) bond motifs is 2. The number of anilines is 1. The van der Waals surface area contributed by atoms with E-state index in [1.54, 1.807) is 17.8 Å². The largest absolute Gasteiger partial charge is 0.349 e. The van der Waals surface area contributed by atoms with Gasteiger partial charge in [-0.25, -0.2) is 4.39 Å². The Kier molecular flexibility index (Phi) is 4.91. The van der Waals surface area contributed by atoms with Crippen LogP contribution in [0.15, 0.2) is 52.3 Å². The van der Waals surface area contributed by atoms with Gasteiger partial charge in [-0.15, -0.1) is 23.5 Å². The van der Waals surface area contributed by atoms with E-state index >= 15 is 0 Å². The molecule has 2 heterocycles. The average molecular weight is 388 g/mol. The second kappa shape index (κ2) is 7.32. The number of hydrogen-bond acceptors (Lipinski definition) is 4. The van der Waals surface area contributed by atoms with Crippen molar-refractivity contribution in [1.82, 2.24) is 5.32 Å². The molecule has 2 amide bonds. The number of carbonyl (C=O) groups is 2. The molecule has 2 N–H and O–H groups in total. The van der Waals surface area contributed by atoms with E-state index in [-0.39, 0.29) is 30.1 Å². The zero-order valence-corrected chi connectivity index (χ0v) is 15.5. The fourth-order valence-corrected chi connectivity index (χ4v) is 5.38. The molecule has 4 rings (SSSR count). The Balaban J connectivity index is 1.44. The fourth-order valence-electron chi connectivity index (χ4n) is 3.16. The van der Waals surface area contributed by atoms with Crippen LogP contribution < -0.4 is 10.6 Å². The predicted octanol–water partition coefficient (Wildman–Crippen LogP) is 3.98. The number of para-hydroxylation sites is 1. The normalized spacial score (nSPS) is 21.3. The number of carbonyl (C=O) groups excluding carboxylic acids is 2. The molecule has 0 aromatic heterocycles. The number of amides is 2. The van der Waals surface area contributed by atoms with E-state index in [1.165, 1.54) is 23.9 Å². The van der Waals surface area contributed by atoms with E-state index in [2.05, 4.69) is 10.6 Å². The maximum atomic E-state index is 13.6. The van der Waals surface area contributed by atoms with Crippen molar-refractivity contribution in [2.45, 2.75) is 33.9 Å². The quantitative estimate of drug-likeness (QED) is 0.835. The minimum absolute atomic E-state index is 0.0964. The van der Waals surface area contributed by atoms with E-state index in [9.17, 15) is 14.0 Å². The van der Waals surface area contributed by atoms with E-state index in [0.717, 1.165) is 33.2 Å². The molecule has 0 fully saturated rings. The van der Waals surface area contributed by atoms with Gasteiger partial charge >= 0.3 is 0 Å². The lowest BCUT2D eigenvalue weighted by Gasteiger charge is -2.27. The van der Waals surface area contributed by atoms with E-state index in [4.69, 9.17) is 0 Å². The summed E-state index contributed by atoms with van der Waals surface area (Å²) in [5, 5.41) is 5.37. The molecule has 0 saturated carbocycles. The van der Waals surface area contributed by atoms with Crippen LogP contribution in [0.1, 0.15) is 24.4 Å². The summed E-state index contributed by atoms with van der Waals surface area (Å²) in [6.45, 7) is 0. The van der Waals surface area contributed by atoms with Gasteiger partial charge in [0, 0.05) is 22.0 Å². The molecule has 2 aromatic rings. The van der Waals surface area contributed by atoms with Gasteiger partial charge in [0.2, 0.25) is 11.8 Å². The lowest BCUT2D eigenvalue weighted by Crippen LogP contribution is -2.37. The van der Waals surface area contributed by atoms with Gasteiger partial charge in [-0.05, 0) is 42.3 Å². The first-order chi connectivity index (χ1) is 12.6. The topological polar surface area (TPSA) is 58.2 Å². The Morgan fingerprint density at radius 1 is 1.23 bits per heavy atom. The Bertz CT molecular complexity index is 874. The molecule has 4 nitrogen and oxygen atoms in total. The molecule has 0 aliphatic carbocycles. The van der Waals surface area contributed by atoms with Crippen LogP contribution in [-0.4, -0.2) is 22.8 Å². The first kappa shape index (κ1) is 17.4. The van der Waals surface area contributed by atoms with Crippen LogP contribution in [0, 0.1) is 5.82 Å². The number of halogens is 1. The summed E-state index contributed by atoms with van der Waals surface area (Å²) in [4.78, 5) is 26.8. The molecule has 2 atom stereocenters. The van der Waals surface area contributed by atoms with E-state index < -0.39 is 5.25 Å². The molecule has 2 aliphatic heterocycles. The molecule has 7 heteroatoms. The average Bonchev–Trinajstić information content (AvgIpc) is 2.63. The third-order valence-electron chi connectivity index (χ3n) is 4.42. The predicted molar refractivity (Wildman–Crippen MR) is 102 cm³/mol. The number of hydrogen-bond donors (Lipinski definition) is 2. The van der Waals surface area contributed by atoms with Gasteiger partial charge in [-0.3, -0.25) is 9.59 Å². The summed E-state index contributed by atoms with van der Waals surface area (Å²) < 4.78 is 13.6. The van der Waals surface area contributed by atoms with Crippen molar-refractivity contribution in [3.8, 4) is 0 Å². The Hall–Kier alpha value is -1.99. The van der Waals surface area contributed by atoms with Crippen molar-refractivity contribution in [3.63, 3.8) is 0 Å². The van der Waals surface area contributed by atoms with Gasteiger partial charge in [0.05, 0.1) is 17.0 Å². The Labute approximate surface area is 159 Å². The highest BCUT2D eigenvalue weighted by atomic mass is 32.2. The second-order valence-electron chi connectivity index (χ2n) is 6.24. The molecule has 26 heavy (non-hydrogen) atoms. The molecular formula is C19H17FN2O2S2. The lowest BCUT2D eigenvalue weighted by molar-refractivity contribution is -0.124. The van der Waals surface area contributed by atoms with Crippen LogP contribution in [0.4, 0.5) is 10.1 Å². The van der Waals surface area contributed by atoms with Gasteiger partial charge in [0.15, 0.2) is 0 Å². The summed E-state index contributed by atoms with van der Waals surface area (Å²) in [5.74, 6) is 0.221. The maximum Gasteiger partial charge on any atom is 0.238 e. The van der Waals surface area contributed by atoms with Crippen LogP contribution in [-0.2, 0) is 9.59 Å². The van der Waals surface area contributed by atoms with E-state index in [0.29, 0.717) is 0 Å². The highest BCUT2D eigenvalue weighted by Crippen LogP contribution is 2.38. The SMILES string of the molecule is O=C(C[C@@H]1Sc2ccccc2NC1=O)N[C@@H]1CCSc2ccc(F)cc21. The van der Waals surface area contributed by atoms with Crippen LogP contribution in [0.5, 0.6) is 0 Å². The molecule has 2 aromatic carbocycles. The minimum atomic E-state index is -0.463. The van der Waals surface area contributed by atoms with Crippen molar-refractivity contribution in [1.29, 1.82) is 0 Å². The molecule has 0 saturated heterocycles. The summed E-state index contributed by atoms with van der Waals surface area (Å²) in [6.07, 6.45) is 0.846. The monoisotopic (exact) mass is 388 g/mol. The van der Waals surface area contributed by atoms with Gasteiger partial charge in [-0.2, -0.15) is 0 Å². The Morgan fingerprint density at radius 3 is 2.96 bits per heavy atom. The molecule has 2 aliphatic rings. The minimum Gasteiger partial charge on any atom is -0.349 e. The summed E-state index contributed by atoms with van der Waals surface area (Å²) in [6, 6.07) is 12.0. The van der Waals surface area contributed by atoms with Gasteiger partial charge < -0.3 is 10.6 Å². The van der Waals surface area contributed by atoms with E-state index in [1.807, 2.05) is 24.3 Å². The van der Waals surface area contributed by atoms with Crippen LogP contribution in [0.25, 0.3) is 0 Å². The first-order valence-electron chi connectivity index (χ1n) is 8.38. The number of benzene rings is 2. The van der Waals surface area contributed by atoms with Gasteiger partial charge in [-0.1, -0.05) is 12.1 Å². The summed E-state index contributed by atoms with van der Waals surface area (Å²) in [5.41, 5.74) is 1.61. The van der Waals surface area contributed by atoms with Gasteiger partial charge in [0.1, 0.15) is 5.82 Å². The third-order valence-corrected chi connectivity index (χ3v) is 6.82. The molecular weight excluding hydrogens is 371 g/mol. The molecule has 0 radical (unpaired) electrons. The van der Waals surface area contributed by atoms with Crippen molar-refractivity contribution < 1.29 is 14.0 Å². The highest BCUT2D eigenvalue weighted by molar-refractivity contribution is 8.01. The zero-order valence-electron chi connectivity index (χ0n) is 13.8. The van der Waals surface area contributed by atoms with Crippen LogP contribution in [0.2, 0.25) is 0 Å². The standard InChI is InChI=1S/C19H17FN2O2S2/c20-11-5-6-15-12(9-11)13(7-8-25-15)21-18(23)10-17-19(24)22-14-3-1-2-4-16(14)26-17/h1-6,9,13,17H,7-8,10H2,(H,21,23)(H,22,24)/t13-,17+/m1/s1. The fraction of sp³-hybridized carbons (Fsp3) is 0.263. The molecule has 0 bridgehead atoms. The third kappa shape index (κ3) is 3.59. The summed E-state index contributed by atoms with van der Waals surface area (Å²) >= 11 is 3.08. The molecule has 134 valence electrons.